The minimum atomic E-state index is -1.05. The fraction of sp³-hybridized carbons (Fsp3) is 0.357. The van der Waals surface area contributed by atoms with E-state index in [1.165, 1.54) is 12.1 Å². The molecule has 2 rings (SSSR count). The molecule has 1 fully saturated rings. The molecule has 1 aliphatic rings. The molecule has 6 heteroatoms. The second-order valence-corrected chi connectivity index (χ2v) is 4.74. The molecule has 106 valence electrons. The summed E-state index contributed by atoms with van der Waals surface area (Å²) < 4.78 is 0. The summed E-state index contributed by atoms with van der Waals surface area (Å²) in [6.07, 6.45) is 2.63. The monoisotopic (exact) mass is 276 g/mol. The summed E-state index contributed by atoms with van der Waals surface area (Å²) in [4.78, 5) is 34.4. The molecule has 1 aromatic carbocycles. The first kappa shape index (κ1) is 14.0. The third kappa shape index (κ3) is 3.57. The van der Waals surface area contributed by atoms with Gasteiger partial charge in [0.05, 0.1) is 5.56 Å². The number of carbonyl (C=O) groups is 3. The highest BCUT2D eigenvalue weighted by atomic mass is 16.4. The largest absolute Gasteiger partial charge is 0.478 e. The van der Waals surface area contributed by atoms with Crippen LogP contribution >= 0.6 is 0 Å². The smallest absolute Gasteiger partial charge is 0.335 e. The topological polar surface area (TPSA) is 95.5 Å². The minimum absolute atomic E-state index is 0.104. The molecule has 2 amide bonds. The molecule has 1 aliphatic heterocycles. The first-order valence-electron chi connectivity index (χ1n) is 6.50. The Balaban J connectivity index is 2.05. The zero-order valence-electron chi connectivity index (χ0n) is 10.9. The SMILES string of the molecule is O=C1CCCCC(C(=O)Nc2cccc(C(=O)O)c2)N1. The Morgan fingerprint density at radius 1 is 1.30 bits per heavy atom. The summed E-state index contributed by atoms with van der Waals surface area (Å²) in [5.41, 5.74) is 0.515. The summed E-state index contributed by atoms with van der Waals surface area (Å²) in [6.45, 7) is 0. The van der Waals surface area contributed by atoms with Crippen LogP contribution in [0, 0.1) is 0 Å². The maximum Gasteiger partial charge on any atom is 0.335 e. The highest BCUT2D eigenvalue weighted by Gasteiger charge is 2.23. The number of amides is 2. The van der Waals surface area contributed by atoms with Gasteiger partial charge in [-0.05, 0) is 31.0 Å². The van der Waals surface area contributed by atoms with Crippen LogP contribution in [-0.2, 0) is 9.59 Å². The summed E-state index contributed by atoms with van der Waals surface area (Å²) in [5, 5.41) is 14.2. The molecule has 1 aromatic rings. The number of carbonyl (C=O) groups excluding carboxylic acids is 2. The number of rotatable bonds is 3. The normalized spacial score (nSPS) is 18.8. The van der Waals surface area contributed by atoms with Gasteiger partial charge in [-0.2, -0.15) is 0 Å². The van der Waals surface area contributed by atoms with Crippen LogP contribution in [0.15, 0.2) is 24.3 Å². The average molecular weight is 276 g/mol. The number of hydrogen-bond acceptors (Lipinski definition) is 3. The standard InChI is InChI=1S/C14H16N2O4/c17-12-7-2-1-6-11(16-12)13(18)15-10-5-3-4-9(8-10)14(19)20/h3-5,8,11H,1-2,6-7H2,(H,15,18)(H,16,17)(H,19,20). The third-order valence-corrected chi connectivity index (χ3v) is 3.18. The lowest BCUT2D eigenvalue weighted by molar-refractivity contribution is -0.125. The van der Waals surface area contributed by atoms with Gasteiger partial charge in [-0.25, -0.2) is 4.79 Å². The molecule has 0 aromatic heterocycles. The Bertz CT molecular complexity index is 542. The fourth-order valence-corrected chi connectivity index (χ4v) is 2.13. The molecule has 0 radical (unpaired) electrons. The van der Waals surface area contributed by atoms with Crippen molar-refractivity contribution in [3.8, 4) is 0 Å². The third-order valence-electron chi connectivity index (χ3n) is 3.18. The van der Waals surface area contributed by atoms with Crippen molar-refractivity contribution >= 4 is 23.5 Å². The molecular weight excluding hydrogens is 260 g/mol. The van der Waals surface area contributed by atoms with Gasteiger partial charge < -0.3 is 15.7 Å². The number of aromatic carboxylic acids is 1. The zero-order valence-corrected chi connectivity index (χ0v) is 10.9. The Hall–Kier alpha value is -2.37. The van der Waals surface area contributed by atoms with Crippen molar-refractivity contribution in [2.24, 2.45) is 0 Å². The van der Waals surface area contributed by atoms with Gasteiger partial charge >= 0.3 is 5.97 Å². The lowest BCUT2D eigenvalue weighted by Crippen LogP contribution is -2.42. The van der Waals surface area contributed by atoms with E-state index in [2.05, 4.69) is 10.6 Å². The fourth-order valence-electron chi connectivity index (χ4n) is 2.13. The maximum atomic E-state index is 12.1. The molecule has 0 aliphatic carbocycles. The predicted octanol–water partition coefficient (Wildman–Crippen LogP) is 1.38. The number of nitrogens with one attached hydrogen (secondary N) is 2. The van der Waals surface area contributed by atoms with Crippen molar-refractivity contribution in [2.75, 3.05) is 5.32 Å². The molecule has 1 unspecified atom stereocenters. The molecule has 0 bridgehead atoms. The minimum Gasteiger partial charge on any atom is -0.478 e. The highest BCUT2D eigenvalue weighted by Crippen LogP contribution is 2.14. The molecule has 0 saturated carbocycles. The van der Waals surface area contributed by atoms with E-state index in [4.69, 9.17) is 5.11 Å². The predicted molar refractivity (Wildman–Crippen MR) is 72.4 cm³/mol. The van der Waals surface area contributed by atoms with Crippen LogP contribution in [0.25, 0.3) is 0 Å². The van der Waals surface area contributed by atoms with Crippen LogP contribution in [0.4, 0.5) is 5.69 Å². The lowest BCUT2D eigenvalue weighted by Gasteiger charge is -2.15. The van der Waals surface area contributed by atoms with Crippen LogP contribution in [0.3, 0.4) is 0 Å². The van der Waals surface area contributed by atoms with Crippen molar-refractivity contribution in [2.45, 2.75) is 31.7 Å². The lowest BCUT2D eigenvalue weighted by atomic mass is 10.1. The van der Waals surface area contributed by atoms with Gasteiger partial charge in [-0.3, -0.25) is 9.59 Å². The number of carboxylic acid groups (broad SMARTS) is 1. The molecule has 20 heavy (non-hydrogen) atoms. The Morgan fingerprint density at radius 3 is 2.85 bits per heavy atom. The highest BCUT2D eigenvalue weighted by molar-refractivity contribution is 5.98. The van der Waals surface area contributed by atoms with Crippen molar-refractivity contribution < 1.29 is 19.5 Å². The molecule has 0 spiro atoms. The van der Waals surface area contributed by atoms with E-state index in [1.54, 1.807) is 12.1 Å². The van der Waals surface area contributed by atoms with Gasteiger partial charge in [0.25, 0.3) is 0 Å². The van der Waals surface area contributed by atoms with Gasteiger partial charge in [-0.1, -0.05) is 12.5 Å². The summed E-state index contributed by atoms with van der Waals surface area (Å²) in [6, 6.07) is 5.45. The molecule has 1 saturated heterocycles. The summed E-state index contributed by atoms with van der Waals surface area (Å²) in [7, 11) is 0. The van der Waals surface area contributed by atoms with Gasteiger partial charge in [0.15, 0.2) is 0 Å². The Labute approximate surface area is 116 Å². The van der Waals surface area contributed by atoms with E-state index < -0.39 is 12.0 Å². The van der Waals surface area contributed by atoms with E-state index in [9.17, 15) is 14.4 Å². The van der Waals surface area contributed by atoms with Crippen molar-refractivity contribution in [3.05, 3.63) is 29.8 Å². The first-order chi connectivity index (χ1) is 9.56. The van der Waals surface area contributed by atoms with Crippen LogP contribution < -0.4 is 10.6 Å². The average Bonchev–Trinajstić information content (AvgIpc) is 2.63. The second kappa shape index (κ2) is 6.18. The quantitative estimate of drug-likeness (QED) is 0.777. The van der Waals surface area contributed by atoms with Crippen molar-refractivity contribution in [3.63, 3.8) is 0 Å². The second-order valence-electron chi connectivity index (χ2n) is 4.74. The number of carboxylic acids is 1. The van der Waals surface area contributed by atoms with E-state index in [0.29, 0.717) is 18.5 Å². The molecule has 1 atom stereocenters. The van der Waals surface area contributed by atoms with Gasteiger partial charge in [0.1, 0.15) is 6.04 Å². The summed E-state index contributed by atoms with van der Waals surface area (Å²) in [5.74, 6) is -1.49. The Morgan fingerprint density at radius 2 is 2.10 bits per heavy atom. The number of anilines is 1. The molecular formula is C14H16N2O4. The van der Waals surface area contributed by atoms with Crippen molar-refractivity contribution in [1.82, 2.24) is 5.32 Å². The summed E-state index contributed by atoms with van der Waals surface area (Å²) >= 11 is 0. The van der Waals surface area contributed by atoms with Crippen LogP contribution in [0.1, 0.15) is 36.0 Å². The van der Waals surface area contributed by atoms with E-state index in [0.717, 1.165) is 12.8 Å². The molecule has 3 N–H and O–H groups in total. The van der Waals surface area contributed by atoms with E-state index in [-0.39, 0.29) is 17.4 Å². The maximum absolute atomic E-state index is 12.1. The van der Waals surface area contributed by atoms with Crippen LogP contribution in [-0.4, -0.2) is 28.9 Å². The zero-order chi connectivity index (χ0) is 14.5. The first-order valence-corrected chi connectivity index (χ1v) is 6.50. The van der Waals surface area contributed by atoms with Gasteiger partial charge in [0, 0.05) is 12.1 Å². The van der Waals surface area contributed by atoms with Crippen LogP contribution in [0.5, 0.6) is 0 Å². The van der Waals surface area contributed by atoms with E-state index in [1.807, 2.05) is 0 Å². The molecule has 1 heterocycles. The number of hydrogen-bond donors (Lipinski definition) is 3. The van der Waals surface area contributed by atoms with Gasteiger partial charge in [0.2, 0.25) is 11.8 Å². The number of benzene rings is 1. The molecule has 6 nitrogen and oxygen atoms in total. The van der Waals surface area contributed by atoms with E-state index >= 15 is 0 Å². The van der Waals surface area contributed by atoms with Crippen molar-refractivity contribution in [1.29, 1.82) is 0 Å². The Kier molecular flexibility index (Phi) is 4.34. The van der Waals surface area contributed by atoms with Crippen LogP contribution in [0.2, 0.25) is 0 Å². The van der Waals surface area contributed by atoms with Gasteiger partial charge in [-0.15, -0.1) is 0 Å².